The molecular formula is C32H40ClN3O4S. The molecule has 0 radical (unpaired) electrons. The maximum Gasteiger partial charge on any atom is 0.243 e. The van der Waals surface area contributed by atoms with E-state index in [4.69, 9.17) is 11.6 Å². The van der Waals surface area contributed by atoms with Gasteiger partial charge < -0.3 is 10.2 Å². The van der Waals surface area contributed by atoms with E-state index >= 15 is 0 Å². The van der Waals surface area contributed by atoms with Crippen molar-refractivity contribution in [2.24, 2.45) is 0 Å². The van der Waals surface area contributed by atoms with E-state index in [1.54, 1.807) is 29.2 Å². The molecular weight excluding hydrogens is 558 g/mol. The molecule has 3 aromatic carbocycles. The number of carbonyl (C=O) groups excluding carboxylic acids is 2. The molecule has 0 saturated heterocycles. The van der Waals surface area contributed by atoms with Crippen molar-refractivity contribution in [3.05, 3.63) is 101 Å². The van der Waals surface area contributed by atoms with Crippen molar-refractivity contribution in [2.45, 2.75) is 65.1 Å². The maximum atomic E-state index is 13.9. The number of halogens is 1. The number of benzene rings is 3. The SMILES string of the molecule is CCC(C)NC(=O)C(Cc1ccccc1)N(Cc1ccccc1C)C(=O)CCCN(c1ccc(Cl)cc1)S(C)(=O)=O. The molecule has 2 amide bonds. The molecule has 41 heavy (non-hydrogen) atoms. The number of aryl methyl sites for hydroxylation is 1. The Kier molecular flexibility index (Phi) is 11.8. The molecule has 2 unspecified atom stereocenters. The van der Waals surface area contributed by atoms with Crippen LogP contribution in [0.3, 0.4) is 0 Å². The molecule has 0 saturated carbocycles. The fourth-order valence-electron chi connectivity index (χ4n) is 4.58. The molecule has 2 atom stereocenters. The first kappa shape index (κ1) is 32.2. The van der Waals surface area contributed by atoms with Crippen LogP contribution in [-0.4, -0.2) is 50.0 Å². The highest BCUT2D eigenvalue weighted by Gasteiger charge is 2.31. The summed E-state index contributed by atoms with van der Waals surface area (Å²) in [6.07, 6.45) is 2.63. The lowest BCUT2D eigenvalue weighted by atomic mass is 10.0. The Morgan fingerprint density at radius 1 is 0.951 bits per heavy atom. The quantitative estimate of drug-likeness (QED) is 0.256. The average molecular weight is 598 g/mol. The van der Waals surface area contributed by atoms with Crippen molar-refractivity contribution in [3.8, 4) is 0 Å². The predicted octanol–water partition coefficient (Wildman–Crippen LogP) is 5.75. The Morgan fingerprint density at radius 3 is 2.20 bits per heavy atom. The maximum absolute atomic E-state index is 13.9. The van der Waals surface area contributed by atoms with Crippen molar-refractivity contribution < 1.29 is 18.0 Å². The summed E-state index contributed by atoms with van der Waals surface area (Å²) in [5, 5.41) is 3.58. The molecule has 9 heteroatoms. The van der Waals surface area contributed by atoms with Crippen LogP contribution in [0.1, 0.15) is 49.8 Å². The number of anilines is 1. The lowest BCUT2D eigenvalue weighted by Gasteiger charge is -2.33. The van der Waals surface area contributed by atoms with Gasteiger partial charge in [-0.1, -0.05) is 73.1 Å². The molecule has 3 aromatic rings. The minimum atomic E-state index is -3.59. The highest BCUT2D eigenvalue weighted by atomic mass is 35.5. The predicted molar refractivity (Wildman–Crippen MR) is 166 cm³/mol. The average Bonchev–Trinajstić information content (AvgIpc) is 2.94. The highest BCUT2D eigenvalue weighted by Crippen LogP contribution is 2.22. The first-order chi connectivity index (χ1) is 19.5. The van der Waals surface area contributed by atoms with Crippen LogP contribution >= 0.6 is 11.6 Å². The van der Waals surface area contributed by atoms with Crippen LogP contribution < -0.4 is 9.62 Å². The van der Waals surface area contributed by atoms with Gasteiger partial charge in [-0.15, -0.1) is 0 Å². The van der Waals surface area contributed by atoms with Crippen molar-refractivity contribution in [1.29, 1.82) is 0 Å². The lowest BCUT2D eigenvalue weighted by Crippen LogP contribution is -2.52. The van der Waals surface area contributed by atoms with Crippen LogP contribution in [0.5, 0.6) is 0 Å². The van der Waals surface area contributed by atoms with Crippen LogP contribution in [0.25, 0.3) is 0 Å². The van der Waals surface area contributed by atoms with Crippen LogP contribution in [0.4, 0.5) is 5.69 Å². The molecule has 220 valence electrons. The second-order valence-electron chi connectivity index (χ2n) is 10.4. The van der Waals surface area contributed by atoms with E-state index in [9.17, 15) is 18.0 Å². The Balaban J connectivity index is 1.89. The van der Waals surface area contributed by atoms with E-state index in [0.29, 0.717) is 17.1 Å². The molecule has 0 heterocycles. The molecule has 0 bridgehead atoms. The summed E-state index contributed by atoms with van der Waals surface area (Å²) in [5.74, 6) is -0.415. The second-order valence-corrected chi connectivity index (χ2v) is 12.7. The Morgan fingerprint density at radius 2 is 1.59 bits per heavy atom. The molecule has 3 rings (SSSR count). The van der Waals surface area contributed by atoms with Crippen LogP contribution in [-0.2, 0) is 32.6 Å². The topological polar surface area (TPSA) is 86.8 Å². The molecule has 0 fully saturated rings. The van der Waals surface area contributed by atoms with E-state index in [1.165, 1.54) is 4.31 Å². The Bertz CT molecular complexity index is 1400. The van der Waals surface area contributed by atoms with Gasteiger partial charge in [0.2, 0.25) is 21.8 Å². The number of carbonyl (C=O) groups is 2. The first-order valence-electron chi connectivity index (χ1n) is 13.9. The molecule has 0 aliphatic carbocycles. The number of nitrogens with one attached hydrogen (secondary N) is 1. The summed E-state index contributed by atoms with van der Waals surface area (Å²) in [5.41, 5.74) is 3.41. The van der Waals surface area contributed by atoms with Gasteiger partial charge in [0, 0.05) is 37.0 Å². The number of sulfonamides is 1. The molecule has 0 spiro atoms. The van der Waals surface area contributed by atoms with Gasteiger partial charge in [-0.25, -0.2) is 8.42 Å². The Labute approximate surface area is 249 Å². The second kappa shape index (κ2) is 15.0. The third kappa shape index (κ3) is 9.61. The number of nitrogens with zero attached hydrogens (tertiary/aromatic N) is 2. The van der Waals surface area contributed by atoms with Gasteiger partial charge in [0.25, 0.3) is 0 Å². The standard InChI is InChI=1S/C32H40ClN3O4S/c1-5-25(3)34-32(38)30(22-26-13-7-6-8-14-26)35(23-27-15-10-9-12-24(27)2)31(37)16-11-21-36(41(4,39)40)29-19-17-28(33)18-20-29/h6-10,12-15,17-20,25,30H,5,11,16,21-23H2,1-4H3,(H,34,38). The number of hydrogen-bond acceptors (Lipinski definition) is 4. The number of rotatable bonds is 14. The van der Waals surface area contributed by atoms with E-state index < -0.39 is 16.1 Å². The van der Waals surface area contributed by atoms with E-state index in [-0.39, 0.29) is 43.8 Å². The van der Waals surface area contributed by atoms with Gasteiger partial charge in [0.05, 0.1) is 11.9 Å². The zero-order valence-electron chi connectivity index (χ0n) is 24.2. The van der Waals surface area contributed by atoms with Gasteiger partial charge in [-0.2, -0.15) is 0 Å². The van der Waals surface area contributed by atoms with Crippen LogP contribution in [0.15, 0.2) is 78.9 Å². The largest absolute Gasteiger partial charge is 0.352 e. The van der Waals surface area contributed by atoms with Crippen molar-refractivity contribution >= 4 is 39.1 Å². The summed E-state index contributed by atoms with van der Waals surface area (Å²) >= 11 is 5.99. The van der Waals surface area contributed by atoms with Crippen molar-refractivity contribution in [2.75, 3.05) is 17.1 Å². The van der Waals surface area contributed by atoms with Crippen molar-refractivity contribution in [3.63, 3.8) is 0 Å². The van der Waals surface area contributed by atoms with Crippen LogP contribution in [0, 0.1) is 6.92 Å². The van der Waals surface area contributed by atoms with Gasteiger partial charge in [0.1, 0.15) is 6.04 Å². The van der Waals surface area contributed by atoms with Gasteiger partial charge in [-0.05, 0) is 67.6 Å². The lowest BCUT2D eigenvalue weighted by molar-refractivity contribution is -0.141. The smallest absolute Gasteiger partial charge is 0.243 e. The zero-order chi connectivity index (χ0) is 30.0. The number of amides is 2. The van der Waals surface area contributed by atoms with Gasteiger partial charge in [-0.3, -0.25) is 13.9 Å². The molecule has 1 N–H and O–H groups in total. The molecule has 0 aliphatic rings. The number of hydrogen-bond donors (Lipinski definition) is 1. The molecule has 0 aliphatic heterocycles. The third-order valence-electron chi connectivity index (χ3n) is 7.14. The normalized spacial score (nSPS) is 12.8. The first-order valence-corrected chi connectivity index (χ1v) is 16.1. The van der Waals surface area contributed by atoms with Gasteiger partial charge >= 0.3 is 0 Å². The molecule has 0 aromatic heterocycles. The summed E-state index contributed by atoms with van der Waals surface area (Å²) < 4.78 is 26.4. The third-order valence-corrected chi connectivity index (χ3v) is 8.59. The summed E-state index contributed by atoms with van der Waals surface area (Å²) in [4.78, 5) is 29.2. The van der Waals surface area contributed by atoms with E-state index in [1.807, 2.05) is 75.4 Å². The Hall–Kier alpha value is -3.36. The van der Waals surface area contributed by atoms with E-state index in [0.717, 1.165) is 29.4 Å². The summed E-state index contributed by atoms with van der Waals surface area (Å²) in [6.45, 7) is 6.32. The summed E-state index contributed by atoms with van der Waals surface area (Å²) in [7, 11) is -3.59. The van der Waals surface area contributed by atoms with Crippen LogP contribution in [0.2, 0.25) is 5.02 Å². The monoisotopic (exact) mass is 597 g/mol. The minimum Gasteiger partial charge on any atom is -0.352 e. The fourth-order valence-corrected chi connectivity index (χ4v) is 5.67. The summed E-state index contributed by atoms with van der Waals surface area (Å²) in [6, 6.07) is 23.3. The highest BCUT2D eigenvalue weighted by molar-refractivity contribution is 7.92. The van der Waals surface area contributed by atoms with Gasteiger partial charge in [0.15, 0.2) is 0 Å². The van der Waals surface area contributed by atoms with E-state index in [2.05, 4.69) is 5.32 Å². The fraction of sp³-hybridized carbons (Fsp3) is 0.375. The minimum absolute atomic E-state index is 0.0427. The van der Waals surface area contributed by atoms with Crippen molar-refractivity contribution in [1.82, 2.24) is 10.2 Å². The zero-order valence-corrected chi connectivity index (χ0v) is 25.8. The molecule has 7 nitrogen and oxygen atoms in total.